The summed E-state index contributed by atoms with van der Waals surface area (Å²) in [5.41, 5.74) is 2.09. The highest BCUT2D eigenvalue weighted by Crippen LogP contribution is 2.39. The summed E-state index contributed by atoms with van der Waals surface area (Å²) < 4.78 is 32.7. The maximum atomic E-state index is 5.46. The van der Waals surface area contributed by atoms with Crippen molar-refractivity contribution in [2.45, 2.75) is 32.1 Å². The Kier molecular flexibility index (Phi) is 13.7. The van der Waals surface area contributed by atoms with E-state index < -0.39 is 0 Å². The molecule has 41 heavy (non-hydrogen) atoms. The number of ether oxygens (including phenoxy) is 6. The summed E-state index contributed by atoms with van der Waals surface area (Å²) in [7, 11) is 9.81. The fourth-order valence-corrected chi connectivity index (χ4v) is 5.17. The second-order valence-electron chi connectivity index (χ2n) is 10.0. The Morgan fingerprint density at radius 2 is 0.902 bits per heavy atom. The summed E-state index contributed by atoms with van der Waals surface area (Å²) in [6, 6.07) is 7.91. The van der Waals surface area contributed by atoms with Crippen LogP contribution in [0.4, 0.5) is 0 Å². The molecular formula is C33H48N2O6. The highest BCUT2D eigenvalue weighted by Gasteiger charge is 2.15. The molecule has 0 radical (unpaired) electrons. The molecule has 0 unspecified atom stereocenters. The molecule has 0 saturated carbocycles. The first-order valence-electron chi connectivity index (χ1n) is 14.4. The third-order valence-electron chi connectivity index (χ3n) is 7.37. The normalized spacial score (nSPS) is 14.8. The second-order valence-corrected chi connectivity index (χ2v) is 10.0. The number of benzene rings is 2. The van der Waals surface area contributed by atoms with Gasteiger partial charge in [0, 0.05) is 13.1 Å². The molecule has 1 aliphatic heterocycles. The molecular weight excluding hydrogens is 520 g/mol. The molecule has 0 aliphatic carbocycles. The smallest absolute Gasteiger partial charge is 0.203 e. The first kappa shape index (κ1) is 32.2. The van der Waals surface area contributed by atoms with Crippen LogP contribution in [0.2, 0.25) is 0 Å². The van der Waals surface area contributed by atoms with Crippen LogP contribution in [0, 0.1) is 0 Å². The fourth-order valence-electron chi connectivity index (χ4n) is 5.17. The van der Waals surface area contributed by atoms with Crippen molar-refractivity contribution >= 4 is 12.2 Å². The van der Waals surface area contributed by atoms with E-state index in [4.69, 9.17) is 28.4 Å². The van der Waals surface area contributed by atoms with Crippen LogP contribution in [0.15, 0.2) is 36.4 Å². The summed E-state index contributed by atoms with van der Waals surface area (Å²) in [5.74, 6) is 3.94. The highest BCUT2D eigenvalue weighted by atomic mass is 16.5. The molecule has 2 aromatic carbocycles. The summed E-state index contributed by atoms with van der Waals surface area (Å²) >= 11 is 0. The van der Waals surface area contributed by atoms with Crippen LogP contribution in [0.5, 0.6) is 34.5 Å². The van der Waals surface area contributed by atoms with E-state index in [1.807, 2.05) is 24.3 Å². The topological polar surface area (TPSA) is 61.9 Å². The minimum atomic E-state index is 0.620. The van der Waals surface area contributed by atoms with Crippen molar-refractivity contribution in [2.75, 3.05) is 81.9 Å². The Bertz CT molecular complexity index is 995. The molecule has 3 rings (SSSR count). The summed E-state index contributed by atoms with van der Waals surface area (Å²) in [6.45, 7) is 6.88. The van der Waals surface area contributed by atoms with Crippen molar-refractivity contribution < 1.29 is 28.4 Å². The first-order chi connectivity index (χ1) is 20.1. The van der Waals surface area contributed by atoms with Gasteiger partial charge in [0.05, 0.1) is 42.7 Å². The average molecular weight is 569 g/mol. The van der Waals surface area contributed by atoms with E-state index in [0.29, 0.717) is 34.5 Å². The zero-order valence-electron chi connectivity index (χ0n) is 25.7. The molecule has 0 spiro atoms. The molecule has 0 amide bonds. The Labute approximate surface area is 246 Å². The van der Waals surface area contributed by atoms with E-state index in [-0.39, 0.29) is 0 Å². The van der Waals surface area contributed by atoms with Crippen molar-refractivity contribution in [3.05, 3.63) is 47.5 Å². The van der Waals surface area contributed by atoms with Crippen LogP contribution in [-0.4, -0.2) is 91.7 Å². The largest absolute Gasteiger partial charge is 0.493 e. The van der Waals surface area contributed by atoms with Crippen molar-refractivity contribution in [1.82, 2.24) is 9.80 Å². The number of hydrogen-bond acceptors (Lipinski definition) is 8. The monoisotopic (exact) mass is 568 g/mol. The van der Waals surface area contributed by atoms with Crippen LogP contribution >= 0.6 is 0 Å². The lowest BCUT2D eigenvalue weighted by Crippen LogP contribution is -2.31. The minimum absolute atomic E-state index is 0.620. The minimum Gasteiger partial charge on any atom is -0.493 e. The third kappa shape index (κ3) is 9.61. The van der Waals surface area contributed by atoms with Gasteiger partial charge in [0.15, 0.2) is 23.0 Å². The summed E-state index contributed by atoms with van der Waals surface area (Å²) in [6.07, 6.45) is 14.3. The molecule has 0 N–H and O–H groups in total. The summed E-state index contributed by atoms with van der Waals surface area (Å²) in [5, 5.41) is 0. The Balaban J connectivity index is 1.37. The van der Waals surface area contributed by atoms with E-state index in [1.54, 1.807) is 42.7 Å². The number of allylic oxidation sites excluding steroid dienone is 2. The van der Waals surface area contributed by atoms with Crippen molar-refractivity contribution in [1.29, 1.82) is 0 Å². The van der Waals surface area contributed by atoms with Crippen LogP contribution in [-0.2, 0) is 0 Å². The molecule has 1 fully saturated rings. The standard InChI is InChI=1S/C33H48N2O6/c1-36-28-22-26(23-29(37-2)32(28)40-5)14-9-7-11-16-34-18-13-19-35(21-20-34)17-12-8-10-15-27-24-30(38-3)33(41-6)31(25-27)39-4/h9-10,14-15,22-25H,7-8,11-13,16-21H2,1-6H3/b14-9-,15-10-. The van der Waals surface area contributed by atoms with Gasteiger partial charge in [-0.05, 0) is 93.7 Å². The fraction of sp³-hybridized carbons (Fsp3) is 0.515. The number of rotatable bonds is 16. The Morgan fingerprint density at radius 1 is 0.537 bits per heavy atom. The first-order valence-corrected chi connectivity index (χ1v) is 14.4. The molecule has 1 heterocycles. The zero-order chi connectivity index (χ0) is 29.5. The SMILES string of the molecule is COc1cc(/C=C\CCCN2CCCN(CCC/C=C\c3cc(OC)c(OC)c(OC)c3)CC2)cc(OC)c1OC. The van der Waals surface area contributed by atoms with Crippen LogP contribution < -0.4 is 28.4 Å². The lowest BCUT2D eigenvalue weighted by Gasteiger charge is -2.21. The number of unbranched alkanes of at least 4 members (excludes halogenated alkanes) is 2. The van der Waals surface area contributed by atoms with Crippen molar-refractivity contribution in [3.63, 3.8) is 0 Å². The lowest BCUT2D eigenvalue weighted by atomic mass is 10.1. The molecule has 0 aromatic heterocycles. The van der Waals surface area contributed by atoms with Gasteiger partial charge in [-0.15, -0.1) is 0 Å². The molecule has 1 saturated heterocycles. The van der Waals surface area contributed by atoms with Gasteiger partial charge in [0.1, 0.15) is 0 Å². The zero-order valence-corrected chi connectivity index (χ0v) is 25.7. The van der Waals surface area contributed by atoms with E-state index in [2.05, 4.69) is 34.1 Å². The average Bonchev–Trinajstić information content (AvgIpc) is 3.24. The summed E-state index contributed by atoms with van der Waals surface area (Å²) in [4.78, 5) is 5.22. The van der Waals surface area contributed by atoms with Crippen LogP contribution in [0.3, 0.4) is 0 Å². The van der Waals surface area contributed by atoms with E-state index >= 15 is 0 Å². The lowest BCUT2D eigenvalue weighted by molar-refractivity contribution is 0.254. The van der Waals surface area contributed by atoms with E-state index in [1.165, 1.54) is 19.5 Å². The van der Waals surface area contributed by atoms with E-state index in [0.717, 1.165) is 63.0 Å². The van der Waals surface area contributed by atoms with Gasteiger partial charge in [-0.3, -0.25) is 0 Å². The van der Waals surface area contributed by atoms with Crippen molar-refractivity contribution in [3.8, 4) is 34.5 Å². The maximum Gasteiger partial charge on any atom is 0.203 e. The Morgan fingerprint density at radius 3 is 1.22 bits per heavy atom. The quantitative estimate of drug-likeness (QED) is 0.228. The maximum absolute atomic E-state index is 5.46. The molecule has 8 nitrogen and oxygen atoms in total. The van der Waals surface area contributed by atoms with Gasteiger partial charge in [-0.25, -0.2) is 0 Å². The molecule has 0 bridgehead atoms. The van der Waals surface area contributed by atoms with Gasteiger partial charge < -0.3 is 38.2 Å². The molecule has 2 aromatic rings. The van der Waals surface area contributed by atoms with Crippen LogP contribution in [0.25, 0.3) is 12.2 Å². The van der Waals surface area contributed by atoms with Crippen molar-refractivity contribution in [2.24, 2.45) is 0 Å². The number of nitrogens with zero attached hydrogens (tertiary/aromatic N) is 2. The Hall–Kier alpha value is -3.36. The van der Waals surface area contributed by atoms with Gasteiger partial charge in [0.2, 0.25) is 11.5 Å². The second kappa shape index (κ2) is 17.5. The van der Waals surface area contributed by atoms with Gasteiger partial charge in [-0.2, -0.15) is 0 Å². The van der Waals surface area contributed by atoms with Gasteiger partial charge >= 0.3 is 0 Å². The molecule has 1 aliphatic rings. The molecule has 226 valence electrons. The predicted octanol–water partition coefficient (Wildman–Crippen LogP) is 6.03. The van der Waals surface area contributed by atoms with Gasteiger partial charge in [0.25, 0.3) is 0 Å². The molecule has 0 atom stereocenters. The molecule has 8 heteroatoms. The van der Waals surface area contributed by atoms with Gasteiger partial charge in [-0.1, -0.05) is 24.3 Å². The van der Waals surface area contributed by atoms with E-state index in [9.17, 15) is 0 Å². The predicted molar refractivity (Wildman–Crippen MR) is 166 cm³/mol. The highest BCUT2D eigenvalue weighted by molar-refractivity contribution is 5.63. The van der Waals surface area contributed by atoms with Crippen LogP contribution in [0.1, 0.15) is 43.2 Å². The number of hydrogen-bond donors (Lipinski definition) is 0. The number of methoxy groups -OCH3 is 6. The third-order valence-corrected chi connectivity index (χ3v) is 7.37.